The third-order valence-electron chi connectivity index (χ3n) is 5.25. The number of likely N-dealkylation sites (tertiary alicyclic amines) is 1. The molecule has 9 nitrogen and oxygen atoms in total. The summed E-state index contributed by atoms with van der Waals surface area (Å²) < 4.78 is 5.40. The van der Waals surface area contributed by atoms with Crippen molar-refractivity contribution in [3.63, 3.8) is 0 Å². The highest BCUT2D eigenvalue weighted by Crippen LogP contribution is 2.31. The van der Waals surface area contributed by atoms with Gasteiger partial charge in [-0.2, -0.15) is 20.0 Å². The molecular weight excluding hydrogens is 372 g/mol. The van der Waals surface area contributed by atoms with Crippen LogP contribution in [-0.4, -0.2) is 53.6 Å². The fraction of sp³-hybridized carbons (Fsp3) is 0.450. The number of amides is 1. The molecule has 1 saturated heterocycles. The quantitative estimate of drug-likeness (QED) is 0.720. The molecule has 152 valence electrons. The Bertz CT molecular complexity index is 992. The molecule has 2 atom stereocenters. The lowest BCUT2D eigenvalue weighted by atomic mass is 9.92. The highest BCUT2D eigenvalue weighted by atomic mass is 16.5. The Balaban J connectivity index is 1.60. The molecule has 1 aromatic carbocycles. The van der Waals surface area contributed by atoms with E-state index in [2.05, 4.69) is 20.3 Å². The van der Waals surface area contributed by atoms with E-state index < -0.39 is 5.60 Å². The summed E-state index contributed by atoms with van der Waals surface area (Å²) in [5.74, 6) is 0.541. The molecule has 3 heterocycles. The van der Waals surface area contributed by atoms with E-state index in [0.717, 1.165) is 12.8 Å². The summed E-state index contributed by atoms with van der Waals surface area (Å²) in [5, 5.41) is 22.3. The first-order chi connectivity index (χ1) is 13.8. The van der Waals surface area contributed by atoms with Crippen molar-refractivity contribution in [3.8, 4) is 5.69 Å². The van der Waals surface area contributed by atoms with Crippen LogP contribution >= 0.6 is 0 Å². The average molecular weight is 396 g/mol. The highest BCUT2D eigenvalue weighted by molar-refractivity contribution is 5.98. The van der Waals surface area contributed by atoms with Gasteiger partial charge in [0.1, 0.15) is 5.60 Å². The first-order valence-corrected chi connectivity index (χ1v) is 9.67. The summed E-state index contributed by atoms with van der Waals surface area (Å²) in [6, 6.07) is 7.38. The van der Waals surface area contributed by atoms with E-state index in [0.29, 0.717) is 23.7 Å². The molecule has 1 fully saturated rings. The number of aliphatic hydroxyl groups is 1. The van der Waals surface area contributed by atoms with Crippen molar-refractivity contribution in [1.29, 1.82) is 0 Å². The summed E-state index contributed by atoms with van der Waals surface area (Å²) >= 11 is 0. The van der Waals surface area contributed by atoms with Crippen LogP contribution in [0, 0.1) is 0 Å². The Hall–Kier alpha value is -3.07. The molecule has 4 rings (SSSR count). The lowest BCUT2D eigenvalue weighted by Crippen LogP contribution is -2.45. The van der Waals surface area contributed by atoms with Gasteiger partial charge in [-0.15, -0.1) is 0 Å². The molecule has 0 spiro atoms. The fourth-order valence-corrected chi connectivity index (χ4v) is 3.56. The first kappa shape index (κ1) is 19.3. The lowest BCUT2D eigenvalue weighted by molar-refractivity contribution is 0.0593. The van der Waals surface area contributed by atoms with Crippen LogP contribution in [-0.2, 0) is 5.60 Å². The zero-order valence-corrected chi connectivity index (χ0v) is 16.7. The lowest BCUT2D eigenvalue weighted by Gasteiger charge is -2.37. The van der Waals surface area contributed by atoms with Crippen molar-refractivity contribution in [2.45, 2.75) is 51.2 Å². The van der Waals surface area contributed by atoms with Gasteiger partial charge in [0.05, 0.1) is 29.6 Å². The number of benzene rings is 1. The molecule has 2 aromatic heterocycles. The summed E-state index contributed by atoms with van der Waals surface area (Å²) in [6.07, 6.45) is 4.81. The predicted molar refractivity (Wildman–Crippen MR) is 103 cm³/mol. The number of piperidine rings is 1. The number of nitrogens with zero attached hydrogens (tertiary/aromatic N) is 6. The summed E-state index contributed by atoms with van der Waals surface area (Å²) in [6.45, 7) is 5.73. The predicted octanol–water partition coefficient (Wildman–Crippen LogP) is 2.29. The zero-order chi connectivity index (χ0) is 20.6. The van der Waals surface area contributed by atoms with Crippen LogP contribution in [0.2, 0.25) is 0 Å². The molecule has 1 aliphatic rings. The van der Waals surface area contributed by atoms with Crippen LogP contribution in [0.5, 0.6) is 0 Å². The topological polar surface area (TPSA) is 110 Å². The Morgan fingerprint density at radius 1 is 1.21 bits per heavy atom. The molecule has 1 amide bonds. The molecule has 0 unspecified atom stereocenters. The number of aromatic nitrogens is 5. The molecule has 29 heavy (non-hydrogen) atoms. The Morgan fingerprint density at radius 2 is 1.93 bits per heavy atom. The van der Waals surface area contributed by atoms with Gasteiger partial charge in [0.25, 0.3) is 5.91 Å². The molecule has 3 aromatic rings. The van der Waals surface area contributed by atoms with Crippen LogP contribution in [0.3, 0.4) is 0 Å². The maximum absolute atomic E-state index is 13.4. The van der Waals surface area contributed by atoms with Gasteiger partial charge in [0.2, 0.25) is 11.7 Å². The standard InChI is InChI=1S/C20H24N6O3/c1-13-8-9-14(17-23-19(24-29-17)20(2,3)28)12-25(13)18(27)15-6-4-5-7-16(15)26-21-10-11-22-26/h4-7,10-11,13-14,28H,8-9,12H2,1-3H3/t13-,14-/m1/s1. The third-order valence-corrected chi connectivity index (χ3v) is 5.25. The average Bonchev–Trinajstić information content (AvgIpc) is 3.40. The van der Waals surface area contributed by atoms with E-state index in [9.17, 15) is 9.90 Å². The Morgan fingerprint density at radius 3 is 2.62 bits per heavy atom. The van der Waals surface area contributed by atoms with Crippen molar-refractivity contribution in [2.24, 2.45) is 0 Å². The summed E-state index contributed by atoms with van der Waals surface area (Å²) in [7, 11) is 0. The molecule has 1 N–H and O–H groups in total. The zero-order valence-electron chi connectivity index (χ0n) is 16.7. The normalized spacial score (nSPS) is 20.1. The van der Waals surface area contributed by atoms with E-state index in [-0.39, 0.29) is 23.7 Å². The van der Waals surface area contributed by atoms with Gasteiger partial charge in [-0.25, -0.2) is 0 Å². The number of hydrogen-bond acceptors (Lipinski definition) is 7. The van der Waals surface area contributed by atoms with Crippen LogP contribution < -0.4 is 0 Å². The van der Waals surface area contributed by atoms with Crippen LogP contribution in [0.15, 0.2) is 41.2 Å². The van der Waals surface area contributed by atoms with Crippen molar-refractivity contribution in [3.05, 3.63) is 53.9 Å². The molecule has 9 heteroatoms. The van der Waals surface area contributed by atoms with Gasteiger partial charge < -0.3 is 14.5 Å². The Labute approximate surface area is 168 Å². The van der Waals surface area contributed by atoms with Crippen LogP contribution in [0.25, 0.3) is 5.69 Å². The SMILES string of the molecule is C[C@@H]1CC[C@@H](c2nc(C(C)(C)O)no2)CN1C(=O)c1ccccc1-n1nccn1. The van der Waals surface area contributed by atoms with Gasteiger partial charge in [-0.3, -0.25) is 4.79 Å². The molecule has 0 saturated carbocycles. The minimum absolute atomic E-state index is 0.0752. The summed E-state index contributed by atoms with van der Waals surface area (Å²) in [4.78, 5) is 21.1. The van der Waals surface area contributed by atoms with Gasteiger partial charge in [0, 0.05) is 12.6 Å². The maximum atomic E-state index is 13.4. The first-order valence-electron chi connectivity index (χ1n) is 9.67. The van der Waals surface area contributed by atoms with Gasteiger partial charge in [-0.1, -0.05) is 17.3 Å². The molecule has 0 bridgehead atoms. The maximum Gasteiger partial charge on any atom is 0.256 e. The molecule has 1 aliphatic heterocycles. The van der Waals surface area contributed by atoms with Gasteiger partial charge in [0.15, 0.2) is 0 Å². The minimum Gasteiger partial charge on any atom is -0.382 e. The van der Waals surface area contributed by atoms with E-state index in [1.807, 2.05) is 30.0 Å². The molecular formula is C20H24N6O3. The largest absolute Gasteiger partial charge is 0.382 e. The van der Waals surface area contributed by atoms with E-state index >= 15 is 0 Å². The second-order valence-corrected chi connectivity index (χ2v) is 7.93. The smallest absolute Gasteiger partial charge is 0.256 e. The number of hydrogen-bond donors (Lipinski definition) is 1. The van der Waals surface area contributed by atoms with E-state index in [1.165, 1.54) is 4.80 Å². The number of carbonyl (C=O) groups excluding carboxylic acids is 1. The summed E-state index contributed by atoms with van der Waals surface area (Å²) in [5.41, 5.74) is 0.00685. The second-order valence-electron chi connectivity index (χ2n) is 7.93. The third kappa shape index (κ3) is 3.77. The van der Waals surface area contributed by atoms with Crippen molar-refractivity contribution in [1.82, 2.24) is 30.0 Å². The highest BCUT2D eigenvalue weighted by Gasteiger charge is 2.35. The number of rotatable bonds is 4. The van der Waals surface area contributed by atoms with Crippen molar-refractivity contribution in [2.75, 3.05) is 6.54 Å². The van der Waals surface area contributed by atoms with Gasteiger partial charge >= 0.3 is 0 Å². The molecule has 0 radical (unpaired) electrons. The number of para-hydroxylation sites is 1. The number of carbonyl (C=O) groups is 1. The Kier molecular flexibility index (Phi) is 4.91. The van der Waals surface area contributed by atoms with E-state index in [1.54, 1.807) is 32.3 Å². The van der Waals surface area contributed by atoms with Crippen molar-refractivity contribution < 1.29 is 14.4 Å². The van der Waals surface area contributed by atoms with Crippen molar-refractivity contribution >= 4 is 5.91 Å². The monoisotopic (exact) mass is 396 g/mol. The molecule has 0 aliphatic carbocycles. The van der Waals surface area contributed by atoms with Gasteiger partial charge in [-0.05, 0) is 45.7 Å². The van der Waals surface area contributed by atoms with E-state index in [4.69, 9.17) is 4.52 Å². The minimum atomic E-state index is -1.17. The van der Waals surface area contributed by atoms with Crippen LogP contribution in [0.4, 0.5) is 0 Å². The fourth-order valence-electron chi connectivity index (χ4n) is 3.56. The van der Waals surface area contributed by atoms with Crippen LogP contribution in [0.1, 0.15) is 61.6 Å². The second kappa shape index (κ2) is 7.40.